The predicted octanol–water partition coefficient (Wildman–Crippen LogP) is 4.92. The van der Waals surface area contributed by atoms with Gasteiger partial charge in [-0.05, 0) is 41.5 Å². The first-order chi connectivity index (χ1) is 17.3. The first-order valence-corrected chi connectivity index (χ1v) is 11.6. The smallest absolute Gasteiger partial charge is 0.279 e. The minimum absolute atomic E-state index is 0.212. The molecule has 7 heteroatoms. The molecule has 3 heterocycles. The SMILES string of the molecule is O=C(Nc1cc(CNC2CCOc3ccccc32)ccn1)c1ncccc1OCc1ccccc1. The molecular formula is C28H26N4O3. The van der Waals surface area contributed by atoms with Crippen LogP contribution in [0.1, 0.15) is 39.6 Å². The summed E-state index contributed by atoms with van der Waals surface area (Å²) in [6.45, 7) is 1.67. The molecule has 1 unspecified atom stereocenters. The Morgan fingerprint density at radius 2 is 1.80 bits per heavy atom. The van der Waals surface area contributed by atoms with E-state index in [1.807, 2.05) is 60.7 Å². The molecule has 1 amide bonds. The fraction of sp³-hybridized carbons (Fsp3) is 0.179. The lowest BCUT2D eigenvalue weighted by Crippen LogP contribution is -2.26. The van der Waals surface area contributed by atoms with Gasteiger partial charge in [0.15, 0.2) is 11.4 Å². The van der Waals surface area contributed by atoms with Crippen molar-refractivity contribution in [2.24, 2.45) is 0 Å². The minimum atomic E-state index is -0.371. The van der Waals surface area contributed by atoms with Crippen molar-refractivity contribution in [2.45, 2.75) is 25.6 Å². The van der Waals surface area contributed by atoms with E-state index in [0.29, 0.717) is 31.3 Å². The molecule has 0 aliphatic carbocycles. The van der Waals surface area contributed by atoms with Gasteiger partial charge in [-0.2, -0.15) is 0 Å². The van der Waals surface area contributed by atoms with E-state index in [9.17, 15) is 4.79 Å². The lowest BCUT2D eigenvalue weighted by molar-refractivity contribution is 0.101. The molecule has 4 aromatic rings. The molecule has 1 aliphatic heterocycles. The second-order valence-corrected chi connectivity index (χ2v) is 8.24. The number of amides is 1. The maximum atomic E-state index is 13.0. The van der Waals surface area contributed by atoms with Crippen molar-refractivity contribution in [2.75, 3.05) is 11.9 Å². The van der Waals surface area contributed by atoms with Gasteiger partial charge < -0.3 is 20.1 Å². The van der Waals surface area contributed by atoms with Crippen LogP contribution in [0.25, 0.3) is 0 Å². The van der Waals surface area contributed by atoms with E-state index in [1.54, 1.807) is 24.5 Å². The quantitative estimate of drug-likeness (QED) is 0.383. The van der Waals surface area contributed by atoms with Crippen molar-refractivity contribution >= 4 is 11.7 Å². The maximum Gasteiger partial charge on any atom is 0.279 e. The van der Waals surface area contributed by atoms with Crippen LogP contribution in [-0.4, -0.2) is 22.5 Å². The van der Waals surface area contributed by atoms with Crippen molar-refractivity contribution in [1.29, 1.82) is 0 Å². The molecule has 1 aliphatic rings. The molecule has 2 aromatic heterocycles. The summed E-state index contributed by atoms with van der Waals surface area (Å²) in [5.74, 6) is 1.44. The third kappa shape index (κ3) is 5.65. The number of aromatic nitrogens is 2. The van der Waals surface area contributed by atoms with Crippen molar-refractivity contribution in [3.8, 4) is 11.5 Å². The van der Waals surface area contributed by atoms with Gasteiger partial charge in [-0.15, -0.1) is 0 Å². The van der Waals surface area contributed by atoms with E-state index < -0.39 is 0 Å². The molecule has 2 aromatic carbocycles. The maximum absolute atomic E-state index is 13.0. The molecule has 35 heavy (non-hydrogen) atoms. The zero-order chi connectivity index (χ0) is 23.9. The Morgan fingerprint density at radius 1 is 0.943 bits per heavy atom. The van der Waals surface area contributed by atoms with Crippen LogP contribution in [0.4, 0.5) is 5.82 Å². The van der Waals surface area contributed by atoms with Gasteiger partial charge >= 0.3 is 0 Å². The molecule has 0 fully saturated rings. The van der Waals surface area contributed by atoms with Gasteiger partial charge in [0.05, 0.1) is 6.61 Å². The number of carbonyl (C=O) groups is 1. The van der Waals surface area contributed by atoms with Crippen molar-refractivity contribution in [1.82, 2.24) is 15.3 Å². The van der Waals surface area contributed by atoms with Gasteiger partial charge in [-0.1, -0.05) is 48.5 Å². The van der Waals surface area contributed by atoms with Crippen LogP contribution in [0.2, 0.25) is 0 Å². The first kappa shape index (κ1) is 22.6. The molecule has 0 saturated carbocycles. The number of benzene rings is 2. The molecule has 0 radical (unpaired) electrons. The molecule has 0 spiro atoms. The van der Waals surface area contributed by atoms with Crippen molar-refractivity contribution in [3.05, 3.63) is 114 Å². The Balaban J connectivity index is 1.23. The number of anilines is 1. The molecule has 176 valence electrons. The number of pyridine rings is 2. The van der Waals surface area contributed by atoms with Crippen LogP contribution in [0.3, 0.4) is 0 Å². The number of ether oxygens (including phenoxy) is 2. The van der Waals surface area contributed by atoms with Gasteiger partial charge in [-0.25, -0.2) is 9.97 Å². The third-order valence-electron chi connectivity index (χ3n) is 5.80. The highest BCUT2D eigenvalue weighted by molar-refractivity contribution is 6.04. The van der Waals surface area contributed by atoms with Crippen LogP contribution in [-0.2, 0) is 13.2 Å². The summed E-state index contributed by atoms with van der Waals surface area (Å²) >= 11 is 0. The number of rotatable bonds is 8. The number of carbonyl (C=O) groups excluding carboxylic acids is 1. The summed E-state index contributed by atoms with van der Waals surface area (Å²) in [5.41, 5.74) is 3.41. The van der Waals surface area contributed by atoms with Crippen LogP contribution in [0, 0.1) is 0 Å². The zero-order valence-electron chi connectivity index (χ0n) is 19.2. The lowest BCUT2D eigenvalue weighted by atomic mass is 10.0. The summed E-state index contributed by atoms with van der Waals surface area (Å²) < 4.78 is 11.6. The molecule has 0 bridgehead atoms. The fourth-order valence-corrected chi connectivity index (χ4v) is 4.04. The fourth-order valence-electron chi connectivity index (χ4n) is 4.04. The Bertz CT molecular complexity index is 1300. The monoisotopic (exact) mass is 466 g/mol. The van der Waals surface area contributed by atoms with E-state index in [2.05, 4.69) is 26.7 Å². The number of nitrogens with one attached hydrogen (secondary N) is 2. The molecule has 0 saturated heterocycles. The van der Waals surface area contributed by atoms with E-state index >= 15 is 0 Å². The molecule has 1 atom stereocenters. The molecule has 7 nitrogen and oxygen atoms in total. The van der Waals surface area contributed by atoms with Crippen LogP contribution < -0.4 is 20.1 Å². The van der Waals surface area contributed by atoms with E-state index in [1.165, 1.54) is 5.56 Å². The standard InChI is InChI=1S/C28H26N4O3/c33-28(27-25(11-6-14-30-27)35-19-20-7-2-1-3-8-20)32-26-17-21(12-15-29-26)18-31-23-13-16-34-24-10-5-4-9-22(23)24/h1-12,14-15,17,23,31H,13,16,18-19H2,(H,29,32,33). The number of fused-ring (bicyclic) bond motifs is 1. The number of nitrogens with zero attached hydrogens (tertiary/aromatic N) is 2. The number of para-hydroxylation sites is 1. The Hall–Kier alpha value is -4.23. The van der Waals surface area contributed by atoms with Gasteiger partial charge in [0, 0.05) is 37.0 Å². The van der Waals surface area contributed by atoms with Crippen molar-refractivity contribution < 1.29 is 14.3 Å². The summed E-state index contributed by atoms with van der Waals surface area (Å²) in [5, 5.41) is 6.45. The highest BCUT2D eigenvalue weighted by Crippen LogP contribution is 2.31. The Kier molecular flexibility index (Phi) is 6.96. The van der Waals surface area contributed by atoms with Crippen LogP contribution in [0.5, 0.6) is 11.5 Å². The largest absolute Gasteiger partial charge is 0.493 e. The van der Waals surface area contributed by atoms with E-state index in [4.69, 9.17) is 9.47 Å². The molecular weight excluding hydrogens is 440 g/mol. The summed E-state index contributed by atoms with van der Waals surface area (Å²) in [6, 6.07) is 25.4. The average Bonchev–Trinajstić information content (AvgIpc) is 2.91. The highest BCUT2D eigenvalue weighted by atomic mass is 16.5. The second kappa shape index (κ2) is 10.8. The van der Waals surface area contributed by atoms with Crippen molar-refractivity contribution in [3.63, 3.8) is 0 Å². The zero-order valence-corrected chi connectivity index (χ0v) is 19.2. The summed E-state index contributed by atoms with van der Waals surface area (Å²) in [4.78, 5) is 21.5. The van der Waals surface area contributed by atoms with E-state index in [0.717, 1.165) is 23.3 Å². The third-order valence-corrected chi connectivity index (χ3v) is 5.80. The second-order valence-electron chi connectivity index (χ2n) is 8.24. The molecule has 5 rings (SSSR count). The lowest BCUT2D eigenvalue weighted by Gasteiger charge is -2.26. The predicted molar refractivity (Wildman–Crippen MR) is 133 cm³/mol. The Morgan fingerprint density at radius 3 is 2.71 bits per heavy atom. The molecule has 2 N–H and O–H groups in total. The van der Waals surface area contributed by atoms with Gasteiger partial charge in [0.1, 0.15) is 18.2 Å². The van der Waals surface area contributed by atoms with E-state index in [-0.39, 0.29) is 17.6 Å². The average molecular weight is 467 g/mol. The minimum Gasteiger partial charge on any atom is -0.493 e. The van der Waals surface area contributed by atoms with Gasteiger partial charge in [-0.3, -0.25) is 4.79 Å². The van der Waals surface area contributed by atoms with Gasteiger partial charge in [0.2, 0.25) is 0 Å². The summed E-state index contributed by atoms with van der Waals surface area (Å²) in [6.07, 6.45) is 4.16. The number of hydrogen-bond acceptors (Lipinski definition) is 6. The normalized spacial score (nSPS) is 14.5. The highest BCUT2D eigenvalue weighted by Gasteiger charge is 2.20. The van der Waals surface area contributed by atoms with Crippen LogP contribution in [0.15, 0.2) is 91.3 Å². The number of hydrogen-bond donors (Lipinski definition) is 2. The van der Waals surface area contributed by atoms with Gasteiger partial charge in [0.25, 0.3) is 5.91 Å². The van der Waals surface area contributed by atoms with Crippen LogP contribution >= 0.6 is 0 Å². The Labute approximate surface area is 204 Å². The summed E-state index contributed by atoms with van der Waals surface area (Å²) in [7, 11) is 0. The first-order valence-electron chi connectivity index (χ1n) is 11.6. The topological polar surface area (TPSA) is 85.4 Å².